The Morgan fingerprint density at radius 2 is 1.89 bits per heavy atom. The van der Waals surface area contributed by atoms with E-state index < -0.39 is 0 Å². The van der Waals surface area contributed by atoms with E-state index in [2.05, 4.69) is 11.9 Å². The van der Waals surface area contributed by atoms with Gasteiger partial charge in [0.2, 0.25) is 5.91 Å². The normalized spacial score (nSPS) is 24.1. The van der Waals surface area contributed by atoms with Crippen LogP contribution in [0.25, 0.3) is 0 Å². The molecule has 0 radical (unpaired) electrons. The van der Waals surface area contributed by atoms with Crippen LogP contribution in [0.15, 0.2) is 18.3 Å². The van der Waals surface area contributed by atoms with Gasteiger partial charge in [-0.05, 0) is 43.2 Å². The molecule has 3 rings (SSSR count). The fraction of sp³-hybridized carbons (Fsp3) is 0.650. The number of pyridine rings is 1. The molecule has 0 saturated carbocycles. The lowest BCUT2D eigenvalue weighted by Gasteiger charge is -2.39. The van der Waals surface area contributed by atoms with Gasteiger partial charge in [0.1, 0.15) is 5.15 Å². The Labute approximate surface area is 165 Å². The first-order valence-electron chi connectivity index (χ1n) is 9.84. The summed E-state index contributed by atoms with van der Waals surface area (Å²) in [7, 11) is 0. The van der Waals surface area contributed by atoms with E-state index in [1.165, 1.54) is 0 Å². The zero-order valence-electron chi connectivity index (χ0n) is 15.8. The molecule has 6 nitrogen and oxygen atoms in total. The van der Waals surface area contributed by atoms with Crippen molar-refractivity contribution < 1.29 is 14.7 Å². The molecule has 2 amide bonds. The smallest absolute Gasteiger partial charge is 0.254 e. The third kappa shape index (κ3) is 4.99. The molecule has 0 unspecified atom stereocenters. The van der Waals surface area contributed by atoms with Gasteiger partial charge in [-0.2, -0.15) is 0 Å². The van der Waals surface area contributed by atoms with Crippen molar-refractivity contribution in [3.63, 3.8) is 0 Å². The molecule has 0 bridgehead atoms. The van der Waals surface area contributed by atoms with E-state index in [0.29, 0.717) is 68.0 Å². The maximum absolute atomic E-state index is 12.8. The molecule has 1 N–H and O–H groups in total. The summed E-state index contributed by atoms with van der Waals surface area (Å²) < 4.78 is 0. The molecule has 0 aromatic carbocycles. The third-order valence-electron chi connectivity index (χ3n) is 5.93. The average molecular weight is 394 g/mol. The molecule has 2 saturated heterocycles. The fourth-order valence-corrected chi connectivity index (χ4v) is 4.36. The van der Waals surface area contributed by atoms with Crippen molar-refractivity contribution in [2.45, 2.75) is 45.1 Å². The molecule has 1 aromatic rings. The highest BCUT2D eigenvalue weighted by Crippen LogP contribution is 2.31. The number of aliphatic hydroxyl groups excluding tert-OH is 1. The van der Waals surface area contributed by atoms with Crippen molar-refractivity contribution in [3.8, 4) is 0 Å². The monoisotopic (exact) mass is 393 g/mol. The minimum Gasteiger partial charge on any atom is -0.393 e. The fourth-order valence-electron chi connectivity index (χ4n) is 4.18. The zero-order valence-corrected chi connectivity index (χ0v) is 16.6. The molecule has 2 fully saturated rings. The number of likely N-dealkylation sites (tertiary alicyclic amines) is 2. The summed E-state index contributed by atoms with van der Waals surface area (Å²) >= 11 is 5.91. The van der Waals surface area contributed by atoms with Gasteiger partial charge >= 0.3 is 0 Å². The van der Waals surface area contributed by atoms with Crippen LogP contribution < -0.4 is 0 Å². The summed E-state index contributed by atoms with van der Waals surface area (Å²) in [6, 6.07) is 3.29. The molecule has 2 atom stereocenters. The van der Waals surface area contributed by atoms with Gasteiger partial charge in [-0.15, -0.1) is 0 Å². The number of carbonyl (C=O) groups is 2. The van der Waals surface area contributed by atoms with Gasteiger partial charge in [0.05, 0.1) is 6.10 Å². The maximum Gasteiger partial charge on any atom is 0.254 e. The van der Waals surface area contributed by atoms with E-state index in [-0.39, 0.29) is 17.9 Å². The molecule has 148 valence electrons. The van der Waals surface area contributed by atoms with Crippen molar-refractivity contribution in [3.05, 3.63) is 29.0 Å². The summed E-state index contributed by atoms with van der Waals surface area (Å²) in [6.45, 7) is 4.75. The molecule has 0 aliphatic carbocycles. The third-order valence-corrected chi connectivity index (χ3v) is 6.14. The van der Waals surface area contributed by atoms with Crippen LogP contribution in [0.4, 0.5) is 0 Å². The first-order valence-corrected chi connectivity index (χ1v) is 10.2. The van der Waals surface area contributed by atoms with E-state index in [9.17, 15) is 14.7 Å². The van der Waals surface area contributed by atoms with Gasteiger partial charge < -0.3 is 14.9 Å². The van der Waals surface area contributed by atoms with Crippen LogP contribution in [0.5, 0.6) is 0 Å². The van der Waals surface area contributed by atoms with E-state index in [0.717, 1.165) is 12.8 Å². The predicted molar refractivity (Wildman–Crippen MR) is 103 cm³/mol. The number of piperidine rings is 2. The van der Waals surface area contributed by atoms with Crippen molar-refractivity contribution in [1.82, 2.24) is 14.8 Å². The molecule has 1 aromatic heterocycles. The second-order valence-electron chi connectivity index (χ2n) is 7.65. The minimum absolute atomic E-state index is 0.0208. The van der Waals surface area contributed by atoms with Crippen LogP contribution in [-0.2, 0) is 4.79 Å². The van der Waals surface area contributed by atoms with Crippen molar-refractivity contribution in [2.75, 3.05) is 26.2 Å². The van der Waals surface area contributed by atoms with Gasteiger partial charge in [0, 0.05) is 44.4 Å². The first-order chi connectivity index (χ1) is 13.0. The van der Waals surface area contributed by atoms with Crippen LogP contribution in [0.3, 0.4) is 0 Å². The van der Waals surface area contributed by atoms with Crippen LogP contribution >= 0.6 is 11.6 Å². The molecule has 2 aliphatic heterocycles. The standard InChI is InChI=1S/C20H28ClN3O3/c1-2-14-13-24(20(27)16-3-7-22-18(21)11-16)8-4-15(14)12-19(26)23-9-5-17(25)6-10-23/h3,7,11,14-15,17,25H,2,4-6,8-10,12-13H2,1H3/t14-,15+/m1/s1. The predicted octanol–water partition coefficient (Wildman–Crippen LogP) is 2.60. The molecule has 27 heavy (non-hydrogen) atoms. The number of hydrogen-bond donors (Lipinski definition) is 1. The largest absolute Gasteiger partial charge is 0.393 e. The summed E-state index contributed by atoms with van der Waals surface area (Å²) in [5.41, 5.74) is 0.561. The number of halogens is 1. The van der Waals surface area contributed by atoms with Crippen molar-refractivity contribution in [2.24, 2.45) is 11.8 Å². The Morgan fingerprint density at radius 1 is 1.19 bits per heavy atom. The lowest BCUT2D eigenvalue weighted by atomic mass is 9.81. The van der Waals surface area contributed by atoms with Gasteiger partial charge in [0.15, 0.2) is 0 Å². The topological polar surface area (TPSA) is 73.7 Å². The molecular formula is C20H28ClN3O3. The van der Waals surface area contributed by atoms with Crippen LogP contribution in [-0.4, -0.2) is 64.0 Å². The lowest BCUT2D eigenvalue weighted by Crippen LogP contribution is -2.46. The Balaban J connectivity index is 1.58. The summed E-state index contributed by atoms with van der Waals surface area (Å²) in [5.74, 6) is 0.789. The molecular weight excluding hydrogens is 366 g/mol. The van der Waals surface area contributed by atoms with Gasteiger partial charge in [-0.1, -0.05) is 24.9 Å². The Hall–Kier alpha value is -1.66. The van der Waals surface area contributed by atoms with E-state index in [4.69, 9.17) is 11.6 Å². The SMILES string of the molecule is CC[C@@H]1CN(C(=O)c2ccnc(Cl)c2)CC[C@H]1CC(=O)N1CCC(O)CC1. The Bertz CT molecular complexity index is 676. The number of hydrogen-bond acceptors (Lipinski definition) is 4. The number of nitrogens with zero attached hydrogens (tertiary/aromatic N) is 3. The lowest BCUT2D eigenvalue weighted by molar-refractivity contribution is -0.135. The van der Waals surface area contributed by atoms with E-state index >= 15 is 0 Å². The number of carbonyl (C=O) groups excluding carboxylic acids is 2. The van der Waals surface area contributed by atoms with Gasteiger partial charge in [-0.3, -0.25) is 9.59 Å². The first kappa shape index (κ1) is 20.1. The molecule has 3 heterocycles. The Kier molecular flexibility index (Phi) is 6.71. The Morgan fingerprint density at radius 3 is 2.56 bits per heavy atom. The summed E-state index contributed by atoms with van der Waals surface area (Å²) in [5, 5.41) is 9.93. The van der Waals surface area contributed by atoms with Crippen molar-refractivity contribution >= 4 is 23.4 Å². The molecule has 7 heteroatoms. The van der Waals surface area contributed by atoms with Crippen molar-refractivity contribution in [1.29, 1.82) is 0 Å². The maximum atomic E-state index is 12.8. The highest BCUT2D eigenvalue weighted by atomic mass is 35.5. The summed E-state index contributed by atoms with van der Waals surface area (Å²) in [4.78, 5) is 33.1. The van der Waals surface area contributed by atoms with Gasteiger partial charge in [0.25, 0.3) is 5.91 Å². The number of aromatic nitrogens is 1. The van der Waals surface area contributed by atoms with E-state index in [1.54, 1.807) is 18.3 Å². The van der Waals surface area contributed by atoms with Crippen LogP contribution in [0.2, 0.25) is 5.15 Å². The summed E-state index contributed by atoms with van der Waals surface area (Å²) in [6.07, 6.45) is 4.94. The highest BCUT2D eigenvalue weighted by Gasteiger charge is 2.33. The van der Waals surface area contributed by atoms with Crippen LogP contribution in [0, 0.1) is 11.8 Å². The van der Waals surface area contributed by atoms with Crippen LogP contribution in [0.1, 0.15) is 49.4 Å². The number of rotatable bonds is 4. The average Bonchev–Trinajstić information content (AvgIpc) is 2.68. The van der Waals surface area contributed by atoms with E-state index in [1.807, 2.05) is 9.80 Å². The number of aliphatic hydroxyl groups is 1. The number of amides is 2. The second-order valence-corrected chi connectivity index (χ2v) is 8.04. The zero-order chi connectivity index (χ0) is 19.4. The molecule has 2 aliphatic rings. The highest BCUT2D eigenvalue weighted by molar-refractivity contribution is 6.29. The second kappa shape index (κ2) is 9.02. The quantitative estimate of drug-likeness (QED) is 0.798. The molecule has 0 spiro atoms. The minimum atomic E-state index is -0.270. The van der Waals surface area contributed by atoms with Gasteiger partial charge in [-0.25, -0.2) is 4.98 Å².